The molecule has 0 saturated heterocycles. The minimum atomic E-state index is -0.338. The van der Waals surface area contributed by atoms with Crippen molar-refractivity contribution >= 4 is 5.69 Å². The molecule has 0 bridgehead atoms. The monoisotopic (exact) mass is 548 g/mol. The fourth-order valence-corrected chi connectivity index (χ4v) is 5.70. The fourth-order valence-electron chi connectivity index (χ4n) is 5.70. The standard InChI is InChI=1S/C33H41FN2O4/c1-4-36(21-23-7-12-31(29(34)15-23)40-14-13-35-20-22-5-6-22)30-19-33(39-3)32(38-2)18-28(30)26-9-8-25-17-27(37)11-10-24(25)16-26/h7,10-12,15,17-19,22,26,35,37H,4-6,8-9,13-14,16,20-21H2,1-3H3. The first-order valence-corrected chi connectivity index (χ1v) is 14.4. The van der Waals surface area contributed by atoms with Gasteiger partial charge < -0.3 is 29.5 Å². The predicted octanol–water partition coefficient (Wildman–Crippen LogP) is 6.23. The Morgan fingerprint density at radius 3 is 2.48 bits per heavy atom. The van der Waals surface area contributed by atoms with Crippen molar-refractivity contribution in [3.63, 3.8) is 0 Å². The van der Waals surface area contributed by atoms with Crippen LogP contribution in [0.2, 0.25) is 0 Å². The third-order valence-corrected chi connectivity index (χ3v) is 8.15. The molecule has 1 unspecified atom stereocenters. The number of fused-ring (bicyclic) bond motifs is 1. The van der Waals surface area contributed by atoms with Gasteiger partial charge in [0.05, 0.1) is 14.2 Å². The summed E-state index contributed by atoms with van der Waals surface area (Å²) in [5, 5.41) is 13.3. The highest BCUT2D eigenvalue weighted by molar-refractivity contribution is 5.64. The topological polar surface area (TPSA) is 63.2 Å². The Balaban J connectivity index is 1.35. The molecule has 40 heavy (non-hydrogen) atoms. The molecule has 2 aliphatic rings. The second-order valence-corrected chi connectivity index (χ2v) is 10.9. The zero-order valence-electron chi connectivity index (χ0n) is 23.8. The summed E-state index contributed by atoms with van der Waals surface area (Å²) in [6.45, 7) is 5.59. The number of phenols is 1. The lowest BCUT2D eigenvalue weighted by molar-refractivity contribution is 0.298. The third kappa shape index (κ3) is 6.64. The van der Waals surface area contributed by atoms with Crippen LogP contribution in [0, 0.1) is 11.7 Å². The first kappa shape index (κ1) is 28.1. The molecular weight excluding hydrogens is 507 g/mol. The molecule has 1 atom stereocenters. The quantitative estimate of drug-likeness (QED) is 0.247. The molecule has 3 aromatic carbocycles. The highest BCUT2D eigenvalue weighted by Gasteiger charge is 2.26. The maximum absolute atomic E-state index is 15.0. The van der Waals surface area contributed by atoms with Crippen molar-refractivity contribution in [3.05, 3.63) is 76.6 Å². The number of nitrogens with zero attached hydrogens (tertiary/aromatic N) is 1. The van der Waals surface area contributed by atoms with Gasteiger partial charge in [0, 0.05) is 31.4 Å². The van der Waals surface area contributed by atoms with Crippen LogP contribution in [-0.4, -0.2) is 45.6 Å². The smallest absolute Gasteiger partial charge is 0.165 e. The number of halogens is 1. The summed E-state index contributed by atoms with van der Waals surface area (Å²) < 4.78 is 32.1. The van der Waals surface area contributed by atoms with Crippen LogP contribution in [-0.2, 0) is 19.4 Å². The van der Waals surface area contributed by atoms with Crippen molar-refractivity contribution in [2.45, 2.75) is 51.5 Å². The van der Waals surface area contributed by atoms with E-state index in [9.17, 15) is 9.50 Å². The Hall–Kier alpha value is -3.45. The number of aryl methyl sites for hydroxylation is 1. The largest absolute Gasteiger partial charge is 0.508 e. The van der Waals surface area contributed by atoms with Gasteiger partial charge in [0.2, 0.25) is 0 Å². The molecule has 0 heterocycles. The number of benzene rings is 3. The van der Waals surface area contributed by atoms with Crippen molar-refractivity contribution < 1.29 is 23.7 Å². The van der Waals surface area contributed by atoms with Gasteiger partial charge in [-0.3, -0.25) is 0 Å². The van der Waals surface area contributed by atoms with E-state index >= 15 is 0 Å². The van der Waals surface area contributed by atoms with Gasteiger partial charge >= 0.3 is 0 Å². The number of phenolic OH excluding ortho intramolecular Hbond substituents is 1. The number of aromatic hydroxyl groups is 1. The lowest BCUT2D eigenvalue weighted by Crippen LogP contribution is -2.25. The van der Waals surface area contributed by atoms with Gasteiger partial charge in [0.25, 0.3) is 0 Å². The van der Waals surface area contributed by atoms with Crippen LogP contribution in [0.5, 0.6) is 23.0 Å². The van der Waals surface area contributed by atoms with E-state index in [4.69, 9.17) is 14.2 Å². The minimum Gasteiger partial charge on any atom is -0.508 e. The maximum atomic E-state index is 15.0. The van der Waals surface area contributed by atoms with Gasteiger partial charge in [0.1, 0.15) is 12.4 Å². The van der Waals surface area contributed by atoms with Crippen molar-refractivity contribution in [2.24, 2.45) is 5.92 Å². The van der Waals surface area contributed by atoms with E-state index in [2.05, 4.69) is 23.2 Å². The first-order valence-electron chi connectivity index (χ1n) is 14.4. The Kier molecular flexibility index (Phi) is 9.00. The second-order valence-electron chi connectivity index (χ2n) is 10.9. The number of methoxy groups -OCH3 is 2. The minimum absolute atomic E-state index is 0.280. The fraction of sp³-hybridized carbons (Fsp3) is 0.455. The highest BCUT2D eigenvalue weighted by Crippen LogP contribution is 2.43. The molecule has 0 spiro atoms. The van der Waals surface area contributed by atoms with Gasteiger partial charge in [-0.15, -0.1) is 0 Å². The van der Waals surface area contributed by atoms with Crippen molar-refractivity contribution in [3.8, 4) is 23.0 Å². The Labute approximate surface area is 237 Å². The Morgan fingerprint density at radius 2 is 1.75 bits per heavy atom. The van der Waals surface area contributed by atoms with Crippen LogP contribution in [0.25, 0.3) is 0 Å². The van der Waals surface area contributed by atoms with Crippen LogP contribution in [0.4, 0.5) is 10.1 Å². The normalized spacial score (nSPS) is 16.4. The van der Waals surface area contributed by atoms with Gasteiger partial charge in [-0.25, -0.2) is 4.39 Å². The molecule has 7 heteroatoms. The second kappa shape index (κ2) is 12.8. The van der Waals surface area contributed by atoms with Crippen LogP contribution in [0.3, 0.4) is 0 Å². The summed E-state index contributed by atoms with van der Waals surface area (Å²) in [7, 11) is 3.31. The molecule has 0 amide bonds. The van der Waals surface area contributed by atoms with Crippen molar-refractivity contribution in [2.75, 3.05) is 45.4 Å². The van der Waals surface area contributed by atoms with Gasteiger partial charge in [-0.2, -0.15) is 0 Å². The molecule has 2 aliphatic carbocycles. The summed E-state index contributed by atoms with van der Waals surface area (Å²) in [5.74, 6) is 2.73. The van der Waals surface area contributed by atoms with E-state index in [0.29, 0.717) is 36.1 Å². The SMILES string of the molecule is CCN(Cc1ccc(OCCNCC2CC2)c(F)c1)c1cc(OC)c(OC)cc1C1CCc2cc(O)ccc2C1. The molecule has 0 aromatic heterocycles. The molecule has 6 nitrogen and oxygen atoms in total. The summed E-state index contributed by atoms with van der Waals surface area (Å²) >= 11 is 0. The molecule has 5 rings (SSSR count). The average Bonchev–Trinajstić information content (AvgIpc) is 3.80. The maximum Gasteiger partial charge on any atom is 0.165 e. The zero-order valence-corrected chi connectivity index (χ0v) is 23.8. The molecule has 1 saturated carbocycles. The summed E-state index contributed by atoms with van der Waals surface area (Å²) in [6, 6.07) is 15.1. The number of nitrogens with one attached hydrogen (secondary N) is 1. The Bertz CT molecular complexity index is 1310. The van der Waals surface area contributed by atoms with E-state index < -0.39 is 0 Å². The number of ether oxygens (including phenoxy) is 3. The predicted molar refractivity (Wildman–Crippen MR) is 157 cm³/mol. The highest BCUT2D eigenvalue weighted by atomic mass is 19.1. The van der Waals surface area contributed by atoms with Crippen LogP contribution < -0.4 is 24.4 Å². The van der Waals surface area contributed by atoms with Crippen LogP contribution in [0.1, 0.15) is 54.4 Å². The molecule has 214 valence electrons. The van der Waals surface area contributed by atoms with Crippen molar-refractivity contribution in [1.29, 1.82) is 0 Å². The number of hydrogen-bond donors (Lipinski definition) is 2. The van der Waals surface area contributed by atoms with Crippen molar-refractivity contribution in [1.82, 2.24) is 5.32 Å². The molecule has 3 aromatic rings. The number of anilines is 1. The molecular formula is C33H41FN2O4. The van der Waals surface area contributed by atoms with E-state index in [-0.39, 0.29) is 11.7 Å². The average molecular weight is 549 g/mol. The number of rotatable bonds is 13. The van der Waals surface area contributed by atoms with E-state index in [1.165, 1.54) is 29.5 Å². The molecule has 1 fully saturated rings. The summed E-state index contributed by atoms with van der Waals surface area (Å²) in [4.78, 5) is 2.26. The van der Waals surface area contributed by atoms with Gasteiger partial charge in [0.15, 0.2) is 23.1 Å². The molecule has 0 radical (unpaired) electrons. The Morgan fingerprint density at radius 1 is 0.950 bits per heavy atom. The summed E-state index contributed by atoms with van der Waals surface area (Å²) in [6.07, 6.45) is 5.36. The van der Waals surface area contributed by atoms with Gasteiger partial charge in [-0.05, 0) is 110 Å². The molecule has 0 aliphatic heterocycles. The first-order chi connectivity index (χ1) is 19.5. The van der Waals surface area contributed by atoms with E-state index in [0.717, 1.165) is 56.1 Å². The zero-order chi connectivity index (χ0) is 28.1. The van der Waals surface area contributed by atoms with Crippen LogP contribution in [0.15, 0.2) is 48.5 Å². The van der Waals surface area contributed by atoms with E-state index in [1.54, 1.807) is 32.4 Å². The summed E-state index contributed by atoms with van der Waals surface area (Å²) in [5.41, 5.74) is 5.61. The third-order valence-electron chi connectivity index (χ3n) is 8.15. The van der Waals surface area contributed by atoms with Crippen LogP contribution >= 0.6 is 0 Å². The lowest BCUT2D eigenvalue weighted by Gasteiger charge is -2.32. The molecule has 2 N–H and O–H groups in total. The lowest BCUT2D eigenvalue weighted by atomic mass is 9.79. The van der Waals surface area contributed by atoms with Gasteiger partial charge in [-0.1, -0.05) is 12.1 Å². The number of hydrogen-bond acceptors (Lipinski definition) is 6. The van der Waals surface area contributed by atoms with E-state index in [1.807, 2.05) is 24.3 Å².